The SMILES string of the molecule is C/C=C1\CC2CC(=O)OC(/C=C/C=C\C=C(/C)CC)[C@@H](C)/C=C/CC[C@H]3CCCC(C[C@@H](C1)O2)O3. The molecule has 6 atom stereocenters. The molecule has 3 aliphatic rings. The second kappa shape index (κ2) is 14.6. The number of carbonyl (C=O) groups is 1. The van der Waals surface area contributed by atoms with E-state index >= 15 is 0 Å². The number of fused-ring (bicyclic) bond motifs is 4. The van der Waals surface area contributed by atoms with Crippen molar-refractivity contribution in [2.75, 3.05) is 0 Å². The Balaban J connectivity index is 1.75. The molecular weight excluding hydrogens is 436 g/mol. The van der Waals surface area contributed by atoms with E-state index in [9.17, 15) is 4.79 Å². The van der Waals surface area contributed by atoms with Gasteiger partial charge in [-0.1, -0.05) is 67.5 Å². The third-order valence-corrected chi connectivity index (χ3v) is 7.47. The topological polar surface area (TPSA) is 44.8 Å². The quantitative estimate of drug-likeness (QED) is 0.235. The van der Waals surface area contributed by atoms with Crippen LogP contribution in [0.25, 0.3) is 0 Å². The summed E-state index contributed by atoms with van der Waals surface area (Å²) in [5.74, 6) is -0.0941. The summed E-state index contributed by atoms with van der Waals surface area (Å²) in [5.41, 5.74) is 2.71. The van der Waals surface area contributed by atoms with E-state index in [-0.39, 0.29) is 42.7 Å². The van der Waals surface area contributed by atoms with Crippen LogP contribution < -0.4 is 0 Å². The van der Waals surface area contributed by atoms with Crippen LogP contribution in [0.2, 0.25) is 0 Å². The monoisotopic (exact) mass is 482 g/mol. The summed E-state index contributed by atoms with van der Waals surface area (Å²) in [6, 6.07) is 0. The molecule has 3 rings (SSSR count). The van der Waals surface area contributed by atoms with Crippen LogP contribution >= 0.6 is 0 Å². The molecule has 0 amide bonds. The molecule has 3 heterocycles. The molecule has 3 aliphatic heterocycles. The number of cyclic esters (lactones) is 1. The highest BCUT2D eigenvalue weighted by atomic mass is 16.5. The highest BCUT2D eigenvalue weighted by Gasteiger charge is 2.32. The molecule has 2 fully saturated rings. The molecule has 2 saturated heterocycles. The molecule has 0 spiro atoms. The van der Waals surface area contributed by atoms with E-state index in [1.54, 1.807) is 0 Å². The van der Waals surface area contributed by atoms with Gasteiger partial charge in [0.25, 0.3) is 0 Å². The summed E-state index contributed by atoms with van der Waals surface area (Å²) in [5, 5.41) is 0. The molecule has 0 aromatic rings. The van der Waals surface area contributed by atoms with Crippen molar-refractivity contribution in [1.29, 1.82) is 0 Å². The van der Waals surface area contributed by atoms with Crippen molar-refractivity contribution in [3.63, 3.8) is 0 Å². The van der Waals surface area contributed by atoms with Gasteiger partial charge in [0, 0.05) is 12.3 Å². The molecule has 0 saturated carbocycles. The lowest BCUT2D eigenvalue weighted by atomic mass is 9.91. The van der Waals surface area contributed by atoms with E-state index in [4.69, 9.17) is 14.2 Å². The summed E-state index contributed by atoms with van der Waals surface area (Å²) >= 11 is 0. The Bertz CT molecular complexity index is 818. The van der Waals surface area contributed by atoms with Crippen molar-refractivity contribution in [1.82, 2.24) is 0 Å². The molecule has 4 nitrogen and oxygen atoms in total. The molecule has 194 valence electrons. The largest absolute Gasteiger partial charge is 0.457 e. The summed E-state index contributed by atoms with van der Waals surface area (Å²) < 4.78 is 18.9. The second-order valence-electron chi connectivity index (χ2n) is 10.4. The molecular formula is C31H46O4. The molecule has 0 aromatic carbocycles. The van der Waals surface area contributed by atoms with Gasteiger partial charge in [-0.25, -0.2) is 0 Å². The van der Waals surface area contributed by atoms with Crippen molar-refractivity contribution in [3.8, 4) is 0 Å². The Morgan fingerprint density at radius 2 is 1.77 bits per heavy atom. The van der Waals surface area contributed by atoms with E-state index in [2.05, 4.69) is 52.0 Å². The van der Waals surface area contributed by atoms with Gasteiger partial charge in [0.05, 0.1) is 30.8 Å². The third-order valence-electron chi connectivity index (χ3n) is 7.47. The second-order valence-corrected chi connectivity index (χ2v) is 10.4. The van der Waals surface area contributed by atoms with Crippen LogP contribution in [-0.4, -0.2) is 36.5 Å². The molecule has 4 bridgehead atoms. The van der Waals surface area contributed by atoms with Gasteiger partial charge in [-0.3, -0.25) is 4.79 Å². The van der Waals surface area contributed by atoms with Crippen LogP contribution in [-0.2, 0) is 19.0 Å². The minimum atomic E-state index is -0.302. The van der Waals surface area contributed by atoms with Gasteiger partial charge in [0.2, 0.25) is 0 Å². The van der Waals surface area contributed by atoms with Gasteiger partial charge in [0.1, 0.15) is 6.10 Å². The Morgan fingerprint density at radius 1 is 1.00 bits per heavy atom. The maximum absolute atomic E-state index is 13.0. The fourth-order valence-electron chi connectivity index (χ4n) is 5.18. The van der Waals surface area contributed by atoms with Crippen molar-refractivity contribution in [2.24, 2.45) is 5.92 Å². The zero-order valence-electron chi connectivity index (χ0n) is 22.3. The fourth-order valence-corrected chi connectivity index (χ4v) is 5.18. The normalized spacial score (nSPS) is 35.9. The van der Waals surface area contributed by atoms with E-state index in [0.717, 1.165) is 51.4 Å². The highest BCUT2D eigenvalue weighted by Crippen LogP contribution is 2.33. The van der Waals surface area contributed by atoms with Gasteiger partial charge < -0.3 is 14.2 Å². The number of carbonyl (C=O) groups excluding carboxylic acids is 1. The third kappa shape index (κ3) is 9.57. The van der Waals surface area contributed by atoms with E-state index in [1.165, 1.54) is 17.6 Å². The van der Waals surface area contributed by atoms with Crippen molar-refractivity contribution < 1.29 is 19.0 Å². The molecule has 3 unspecified atom stereocenters. The minimum absolute atomic E-state index is 0.0931. The zero-order chi connectivity index (χ0) is 25.0. The molecule has 4 heteroatoms. The van der Waals surface area contributed by atoms with Crippen molar-refractivity contribution in [2.45, 2.75) is 122 Å². The molecule has 0 aliphatic carbocycles. The first-order valence-corrected chi connectivity index (χ1v) is 13.8. The Hall–Kier alpha value is -1.91. The maximum atomic E-state index is 13.0. The van der Waals surface area contributed by atoms with Crippen LogP contribution in [0, 0.1) is 5.92 Å². The van der Waals surface area contributed by atoms with E-state index < -0.39 is 0 Å². The summed E-state index contributed by atoms with van der Waals surface area (Å²) in [6.07, 6.45) is 26.5. The predicted molar refractivity (Wildman–Crippen MR) is 143 cm³/mol. The number of allylic oxidation sites excluding steroid dienone is 7. The van der Waals surface area contributed by atoms with Crippen LogP contribution in [0.1, 0.15) is 91.9 Å². The van der Waals surface area contributed by atoms with Gasteiger partial charge in [-0.05, 0) is 71.3 Å². The zero-order valence-corrected chi connectivity index (χ0v) is 22.3. The molecule has 35 heavy (non-hydrogen) atoms. The van der Waals surface area contributed by atoms with Gasteiger partial charge >= 0.3 is 5.97 Å². The number of hydrogen-bond acceptors (Lipinski definition) is 4. The maximum Gasteiger partial charge on any atom is 0.309 e. The van der Waals surface area contributed by atoms with Crippen LogP contribution in [0.4, 0.5) is 0 Å². The lowest BCUT2D eigenvalue weighted by molar-refractivity contribution is -0.154. The van der Waals surface area contributed by atoms with E-state index in [1.807, 2.05) is 24.3 Å². The first-order valence-electron chi connectivity index (χ1n) is 13.8. The van der Waals surface area contributed by atoms with Crippen LogP contribution in [0.15, 0.2) is 59.8 Å². The predicted octanol–water partition coefficient (Wildman–Crippen LogP) is 7.56. The Morgan fingerprint density at radius 3 is 2.57 bits per heavy atom. The van der Waals surface area contributed by atoms with Gasteiger partial charge in [-0.15, -0.1) is 0 Å². The van der Waals surface area contributed by atoms with Gasteiger partial charge in [0.15, 0.2) is 0 Å². The number of esters is 1. The number of ether oxygens (including phenoxy) is 3. The summed E-state index contributed by atoms with van der Waals surface area (Å²) in [7, 11) is 0. The van der Waals surface area contributed by atoms with Gasteiger partial charge in [-0.2, -0.15) is 0 Å². The fraction of sp³-hybridized carbons (Fsp3) is 0.645. The standard InChI is InChI=1S/C31H46O4/c1-5-23(3)13-8-7-9-18-30-24(4)14-10-11-15-26-16-12-17-27(33-26)21-28-19-25(6-2)20-29(34-28)22-31(32)35-30/h6-10,13-14,18,24,26-30H,5,11-12,15-17,19-22H2,1-4H3/b8-7-,14-10+,18-9+,23-13+,25-6-/t24-,26-,27?,28+,29?,30?/m0/s1. The molecule has 0 aromatic heterocycles. The molecule has 0 radical (unpaired) electrons. The van der Waals surface area contributed by atoms with Crippen molar-refractivity contribution >= 4 is 5.97 Å². The van der Waals surface area contributed by atoms with Crippen LogP contribution in [0.3, 0.4) is 0 Å². The van der Waals surface area contributed by atoms with E-state index in [0.29, 0.717) is 6.10 Å². The lowest BCUT2D eigenvalue weighted by Crippen LogP contribution is -2.37. The minimum Gasteiger partial charge on any atom is -0.457 e. The Labute approximate surface area is 213 Å². The van der Waals surface area contributed by atoms with Crippen molar-refractivity contribution in [3.05, 3.63) is 59.8 Å². The number of hydrogen-bond donors (Lipinski definition) is 0. The highest BCUT2D eigenvalue weighted by molar-refractivity contribution is 5.70. The first-order chi connectivity index (χ1) is 17.0. The average molecular weight is 483 g/mol. The Kier molecular flexibility index (Phi) is 11.5. The number of rotatable bonds is 4. The first kappa shape index (κ1) is 27.7. The molecule has 0 N–H and O–H groups in total. The smallest absolute Gasteiger partial charge is 0.309 e. The summed E-state index contributed by atoms with van der Waals surface area (Å²) in [6.45, 7) is 8.48. The summed E-state index contributed by atoms with van der Waals surface area (Å²) in [4.78, 5) is 13.0. The average Bonchev–Trinajstić information content (AvgIpc) is 2.84. The lowest BCUT2D eigenvalue weighted by Gasteiger charge is -2.36. The van der Waals surface area contributed by atoms with Crippen LogP contribution in [0.5, 0.6) is 0 Å².